The zero-order valence-electron chi connectivity index (χ0n) is 15.2. The second-order valence-corrected chi connectivity index (χ2v) is 24.5. The molecule has 2 saturated heterocycles. The van der Waals surface area contributed by atoms with Crippen molar-refractivity contribution >= 4 is 15.2 Å². The summed E-state index contributed by atoms with van der Waals surface area (Å²) in [5.41, 5.74) is 0. The molecule has 0 N–H and O–H groups in total. The largest absolute Gasteiger partial charge is 0.350 e. The number of rotatable bonds is 11. The maximum absolute atomic E-state index is 5.72. The molecule has 0 aromatic carbocycles. The van der Waals surface area contributed by atoms with Gasteiger partial charge in [0.05, 0.1) is 0 Å². The fourth-order valence-electron chi connectivity index (χ4n) is 2.86. The summed E-state index contributed by atoms with van der Waals surface area (Å²) in [7, 11) is -2.60. The molecule has 130 valence electrons. The first-order valence-corrected chi connectivity index (χ1v) is 16.3. The average molecular weight is 347 g/mol. The van der Waals surface area contributed by atoms with Gasteiger partial charge in [0.25, 0.3) is 0 Å². The minimum absolute atomic E-state index is 0.0781. The van der Waals surface area contributed by atoms with Gasteiger partial charge in [0.2, 0.25) is 0 Å². The second kappa shape index (κ2) is 7.44. The molecular formula is C16H34O4Si2. The van der Waals surface area contributed by atoms with Gasteiger partial charge in [-0.05, 0) is 24.9 Å². The molecule has 2 heterocycles. The van der Waals surface area contributed by atoms with Crippen LogP contribution in [0.2, 0.25) is 38.3 Å². The third-order valence-corrected chi connectivity index (χ3v) is 24.0. The van der Waals surface area contributed by atoms with Crippen LogP contribution in [0.3, 0.4) is 0 Å². The van der Waals surface area contributed by atoms with Crippen LogP contribution in [-0.2, 0) is 18.9 Å². The van der Waals surface area contributed by atoms with E-state index in [0.29, 0.717) is 12.2 Å². The summed E-state index contributed by atoms with van der Waals surface area (Å²) in [4.78, 5) is 0. The molecular weight excluding hydrogens is 312 g/mol. The summed E-state index contributed by atoms with van der Waals surface area (Å²) < 4.78 is 22.8. The van der Waals surface area contributed by atoms with Crippen LogP contribution in [0.25, 0.3) is 0 Å². The summed E-state index contributed by atoms with van der Waals surface area (Å²) in [6.07, 6.45) is 2.99. The molecule has 0 aromatic heterocycles. The lowest BCUT2D eigenvalue weighted by molar-refractivity contribution is 0.0505. The molecule has 0 saturated carbocycles. The lowest BCUT2D eigenvalue weighted by Crippen LogP contribution is -2.56. The number of epoxide rings is 2. The number of hydrogen-bond acceptors (Lipinski definition) is 4. The Hall–Kier alpha value is 0.274. The van der Waals surface area contributed by atoms with Crippen molar-refractivity contribution in [2.75, 3.05) is 13.2 Å². The molecule has 4 nitrogen and oxygen atoms in total. The van der Waals surface area contributed by atoms with E-state index in [4.69, 9.17) is 18.9 Å². The standard InChI is InChI=1S/C16H34O4Si2/c1-7-9-17-15-13(19-15)11-21(3,4)22(5,6)12-14-16(20-14)18-10-8-2/h13-16H,7-12H2,1-6H3. The van der Waals surface area contributed by atoms with Gasteiger partial charge in [-0.3, -0.25) is 0 Å². The zero-order chi connectivity index (χ0) is 16.4. The van der Waals surface area contributed by atoms with Crippen molar-refractivity contribution in [2.24, 2.45) is 0 Å². The fraction of sp³-hybridized carbons (Fsp3) is 1.00. The van der Waals surface area contributed by atoms with Gasteiger partial charge < -0.3 is 18.9 Å². The summed E-state index contributed by atoms with van der Waals surface area (Å²) in [5.74, 6) is 0. The molecule has 0 radical (unpaired) electrons. The van der Waals surface area contributed by atoms with Crippen LogP contribution < -0.4 is 0 Å². The Kier molecular flexibility index (Phi) is 6.30. The van der Waals surface area contributed by atoms with E-state index in [0.717, 1.165) is 26.1 Å². The molecule has 0 aromatic rings. The van der Waals surface area contributed by atoms with E-state index in [1.165, 1.54) is 12.1 Å². The van der Waals surface area contributed by atoms with E-state index in [2.05, 4.69) is 40.0 Å². The quantitative estimate of drug-likeness (QED) is 0.422. The van der Waals surface area contributed by atoms with E-state index in [1.807, 2.05) is 0 Å². The minimum atomic E-state index is -1.30. The SMILES string of the molecule is CCCOC1OC1C[Si](C)(C)[Si](C)(C)CC1OC1OCCC. The molecule has 0 spiro atoms. The van der Waals surface area contributed by atoms with Crippen LogP contribution in [0.1, 0.15) is 26.7 Å². The molecule has 2 fully saturated rings. The van der Waals surface area contributed by atoms with Gasteiger partial charge in [-0.25, -0.2) is 0 Å². The summed E-state index contributed by atoms with van der Waals surface area (Å²) in [5, 5.41) is 0. The molecule has 0 amide bonds. The van der Waals surface area contributed by atoms with Gasteiger partial charge >= 0.3 is 0 Å². The molecule has 22 heavy (non-hydrogen) atoms. The van der Waals surface area contributed by atoms with Crippen LogP contribution >= 0.6 is 0 Å². The van der Waals surface area contributed by atoms with E-state index in [1.54, 1.807) is 0 Å². The molecule has 0 aliphatic carbocycles. The van der Waals surface area contributed by atoms with Gasteiger partial charge in [0, 0.05) is 28.4 Å². The topological polar surface area (TPSA) is 43.5 Å². The van der Waals surface area contributed by atoms with Crippen molar-refractivity contribution in [3.63, 3.8) is 0 Å². The lowest BCUT2D eigenvalue weighted by Gasteiger charge is -2.38. The maximum Gasteiger partial charge on any atom is 0.184 e. The van der Waals surface area contributed by atoms with Crippen molar-refractivity contribution < 1.29 is 18.9 Å². The Balaban J connectivity index is 1.76. The van der Waals surface area contributed by atoms with Crippen molar-refractivity contribution in [3.8, 4) is 0 Å². The zero-order valence-corrected chi connectivity index (χ0v) is 17.2. The molecule has 2 aliphatic heterocycles. The predicted octanol–water partition coefficient (Wildman–Crippen LogP) is 3.78. The molecule has 0 bridgehead atoms. The van der Waals surface area contributed by atoms with Gasteiger partial charge in [0.15, 0.2) is 12.6 Å². The molecule has 6 heteroatoms. The van der Waals surface area contributed by atoms with Gasteiger partial charge in [-0.15, -0.1) is 0 Å². The molecule has 4 unspecified atom stereocenters. The van der Waals surface area contributed by atoms with Gasteiger partial charge in [0.1, 0.15) is 12.2 Å². The monoisotopic (exact) mass is 346 g/mol. The Labute approximate surface area is 137 Å². The number of hydrogen-bond donors (Lipinski definition) is 0. The van der Waals surface area contributed by atoms with Crippen molar-refractivity contribution in [1.29, 1.82) is 0 Å². The Morgan fingerprint density at radius 3 is 1.41 bits per heavy atom. The fourth-order valence-corrected chi connectivity index (χ4v) is 11.1. The molecule has 2 aliphatic rings. The maximum atomic E-state index is 5.72. The van der Waals surface area contributed by atoms with Crippen LogP contribution in [0.15, 0.2) is 0 Å². The lowest BCUT2D eigenvalue weighted by atomic mass is 10.5. The van der Waals surface area contributed by atoms with Crippen LogP contribution in [-0.4, -0.2) is 53.2 Å². The predicted molar refractivity (Wildman–Crippen MR) is 94.4 cm³/mol. The van der Waals surface area contributed by atoms with Crippen molar-refractivity contribution in [2.45, 2.75) is 89.8 Å². The Morgan fingerprint density at radius 1 is 0.727 bits per heavy atom. The van der Waals surface area contributed by atoms with E-state index >= 15 is 0 Å². The van der Waals surface area contributed by atoms with Gasteiger partial charge in [-0.1, -0.05) is 40.0 Å². The third kappa shape index (κ3) is 4.88. The highest BCUT2D eigenvalue weighted by atomic mass is 29.3. The third-order valence-electron chi connectivity index (χ3n) is 5.30. The van der Waals surface area contributed by atoms with E-state index in [-0.39, 0.29) is 12.6 Å². The first-order chi connectivity index (χ1) is 10.3. The van der Waals surface area contributed by atoms with Crippen LogP contribution in [0, 0.1) is 0 Å². The smallest absolute Gasteiger partial charge is 0.184 e. The van der Waals surface area contributed by atoms with E-state index < -0.39 is 15.2 Å². The van der Waals surface area contributed by atoms with Gasteiger partial charge in [-0.2, -0.15) is 0 Å². The summed E-state index contributed by atoms with van der Waals surface area (Å²) in [6.45, 7) is 16.0. The number of ether oxygens (including phenoxy) is 4. The van der Waals surface area contributed by atoms with E-state index in [9.17, 15) is 0 Å². The molecule has 2 rings (SSSR count). The normalized spacial score (nSPS) is 31.4. The average Bonchev–Trinajstić information content (AvgIpc) is 3.32. The first kappa shape index (κ1) is 18.6. The Bertz CT molecular complexity index is 328. The second-order valence-electron chi connectivity index (χ2n) is 8.00. The highest BCUT2D eigenvalue weighted by Gasteiger charge is 2.53. The van der Waals surface area contributed by atoms with Crippen molar-refractivity contribution in [1.82, 2.24) is 0 Å². The summed E-state index contributed by atoms with van der Waals surface area (Å²) >= 11 is 0. The highest BCUT2D eigenvalue weighted by molar-refractivity contribution is 7.40. The van der Waals surface area contributed by atoms with Crippen molar-refractivity contribution in [3.05, 3.63) is 0 Å². The van der Waals surface area contributed by atoms with Crippen LogP contribution in [0.4, 0.5) is 0 Å². The minimum Gasteiger partial charge on any atom is -0.350 e. The first-order valence-electron chi connectivity index (χ1n) is 8.85. The van der Waals surface area contributed by atoms with Crippen LogP contribution in [0.5, 0.6) is 0 Å². The Morgan fingerprint density at radius 2 is 1.09 bits per heavy atom. The molecule has 4 atom stereocenters. The highest BCUT2D eigenvalue weighted by Crippen LogP contribution is 2.40. The summed E-state index contributed by atoms with van der Waals surface area (Å²) in [6, 6.07) is 2.46.